The van der Waals surface area contributed by atoms with E-state index in [0.717, 1.165) is 29.1 Å². The molecule has 2 unspecified atom stereocenters. The van der Waals surface area contributed by atoms with Crippen molar-refractivity contribution in [1.82, 2.24) is 0 Å². The van der Waals surface area contributed by atoms with Crippen LogP contribution in [0, 0.1) is 17.8 Å². The van der Waals surface area contributed by atoms with Gasteiger partial charge in [-0.15, -0.1) is 12.6 Å². The molecule has 0 saturated carbocycles. The van der Waals surface area contributed by atoms with Gasteiger partial charge in [0.2, 0.25) is 0 Å². The molecule has 0 aromatic heterocycles. The van der Waals surface area contributed by atoms with Gasteiger partial charge < -0.3 is 0 Å². The van der Waals surface area contributed by atoms with Crippen LogP contribution in [0.15, 0.2) is 11.5 Å². The average Bonchev–Trinajstić information content (AvgIpc) is 2.09. The van der Waals surface area contributed by atoms with Gasteiger partial charge in [-0.2, -0.15) is 0 Å². The molecule has 0 saturated heterocycles. The molecule has 2 atom stereocenters. The molecule has 84 valence electrons. The van der Waals surface area contributed by atoms with Crippen molar-refractivity contribution in [3.8, 4) is 0 Å². The first kappa shape index (κ1) is 14.1. The minimum Gasteiger partial charge on any atom is -0.149 e. The lowest BCUT2D eigenvalue weighted by atomic mass is 9.86. The van der Waals surface area contributed by atoms with E-state index in [1.165, 1.54) is 19.3 Å². The Morgan fingerprint density at radius 2 is 1.50 bits per heavy atom. The van der Waals surface area contributed by atoms with E-state index in [4.69, 9.17) is 0 Å². The molecule has 0 fully saturated rings. The lowest BCUT2D eigenvalue weighted by Gasteiger charge is -2.20. The third kappa shape index (κ3) is 7.49. The van der Waals surface area contributed by atoms with E-state index in [0.29, 0.717) is 0 Å². The fourth-order valence-electron chi connectivity index (χ4n) is 1.56. The second-order valence-corrected chi connectivity index (χ2v) is 5.66. The van der Waals surface area contributed by atoms with E-state index in [2.05, 4.69) is 46.9 Å². The molecular weight excluding hydrogens is 188 g/mol. The van der Waals surface area contributed by atoms with Crippen LogP contribution in [0.5, 0.6) is 0 Å². The average molecular weight is 214 g/mol. The fourth-order valence-corrected chi connectivity index (χ4v) is 1.69. The van der Waals surface area contributed by atoms with Gasteiger partial charge in [0.1, 0.15) is 0 Å². The first-order valence-corrected chi connectivity index (χ1v) is 6.25. The van der Waals surface area contributed by atoms with Crippen molar-refractivity contribution < 1.29 is 0 Å². The molecule has 0 amide bonds. The zero-order valence-electron chi connectivity index (χ0n) is 10.2. The van der Waals surface area contributed by atoms with E-state index < -0.39 is 0 Å². The van der Waals surface area contributed by atoms with Gasteiger partial charge in [0.05, 0.1) is 0 Å². The van der Waals surface area contributed by atoms with Crippen LogP contribution in [-0.2, 0) is 0 Å². The summed E-state index contributed by atoms with van der Waals surface area (Å²) in [5, 5.41) is 0. The van der Waals surface area contributed by atoms with Crippen LogP contribution in [0.2, 0.25) is 0 Å². The number of thiol groups is 1. The van der Waals surface area contributed by atoms with Crippen LogP contribution < -0.4 is 0 Å². The summed E-state index contributed by atoms with van der Waals surface area (Å²) in [5.74, 6) is 2.48. The predicted octanol–water partition coefficient (Wildman–Crippen LogP) is 4.92. The Morgan fingerprint density at radius 3 is 1.93 bits per heavy atom. The molecule has 0 aromatic rings. The topological polar surface area (TPSA) is 0 Å². The Labute approximate surface area is 95.6 Å². The molecule has 0 N–H and O–H groups in total. The molecule has 0 aromatic carbocycles. The fraction of sp³-hybridized carbons (Fsp3) is 0.846. The summed E-state index contributed by atoms with van der Waals surface area (Å²) >= 11 is 4.23. The molecule has 0 rings (SSSR count). The Kier molecular flexibility index (Phi) is 7.44. The molecule has 1 heteroatoms. The number of hydrogen-bond acceptors (Lipinski definition) is 1. The van der Waals surface area contributed by atoms with Gasteiger partial charge in [-0.1, -0.05) is 47.1 Å². The normalized spacial score (nSPS) is 15.6. The van der Waals surface area contributed by atoms with E-state index in [1.807, 2.05) is 0 Å². The van der Waals surface area contributed by atoms with Crippen LogP contribution in [-0.4, -0.2) is 0 Å². The highest BCUT2D eigenvalue weighted by molar-refractivity contribution is 7.84. The van der Waals surface area contributed by atoms with Crippen molar-refractivity contribution in [1.29, 1.82) is 0 Å². The van der Waals surface area contributed by atoms with Gasteiger partial charge in [0.15, 0.2) is 0 Å². The van der Waals surface area contributed by atoms with Crippen molar-refractivity contribution in [3.05, 3.63) is 11.5 Å². The molecule has 0 radical (unpaired) electrons. The van der Waals surface area contributed by atoms with Crippen LogP contribution in [0.25, 0.3) is 0 Å². The van der Waals surface area contributed by atoms with Crippen molar-refractivity contribution >= 4 is 12.6 Å². The van der Waals surface area contributed by atoms with Crippen molar-refractivity contribution in [2.24, 2.45) is 17.8 Å². The lowest BCUT2D eigenvalue weighted by molar-refractivity contribution is 0.322. The van der Waals surface area contributed by atoms with E-state index in [-0.39, 0.29) is 0 Å². The first-order valence-electron chi connectivity index (χ1n) is 5.80. The summed E-state index contributed by atoms with van der Waals surface area (Å²) in [6.07, 6.45) is 5.02. The monoisotopic (exact) mass is 214 g/mol. The highest BCUT2D eigenvalue weighted by Crippen LogP contribution is 2.25. The summed E-state index contributed by atoms with van der Waals surface area (Å²) in [7, 11) is 0. The largest absolute Gasteiger partial charge is 0.149 e. The van der Waals surface area contributed by atoms with E-state index >= 15 is 0 Å². The summed E-state index contributed by atoms with van der Waals surface area (Å²) in [4.78, 5) is 1.02. The molecule has 0 aliphatic rings. The second kappa shape index (κ2) is 7.39. The van der Waals surface area contributed by atoms with E-state index in [9.17, 15) is 0 Å². The maximum Gasteiger partial charge on any atom is -0.0224 e. The smallest absolute Gasteiger partial charge is 0.0224 e. The molecule has 0 aliphatic carbocycles. The Bertz CT molecular complexity index is 161. The zero-order chi connectivity index (χ0) is 11.1. The van der Waals surface area contributed by atoms with Gasteiger partial charge in [-0.25, -0.2) is 0 Å². The maximum absolute atomic E-state index is 4.23. The minimum atomic E-state index is 0.803. The molecule has 0 aliphatic heterocycles. The molecule has 14 heavy (non-hydrogen) atoms. The van der Waals surface area contributed by atoms with Gasteiger partial charge in [0, 0.05) is 0 Å². The van der Waals surface area contributed by atoms with Gasteiger partial charge in [0.25, 0.3) is 0 Å². The van der Waals surface area contributed by atoms with Gasteiger partial charge in [-0.3, -0.25) is 0 Å². The number of allylic oxidation sites excluding steroid dienone is 1. The molecule has 0 heterocycles. The van der Waals surface area contributed by atoms with Crippen molar-refractivity contribution in [2.75, 3.05) is 0 Å². The van der Waals surface area contributed by atoms with Crippen LogP contribution in [0.4, 0.5) is 0 Å². The SMILES string of the molecule is C=C(S)CCC(C)C(C)CCC(C)C. The van der Waals surface area contributed by atoms with Gasteiger partial charge >= 0.3 is 0 Å². The van der Waals surface area contributed by atoms with Crippen LogP contribution in [0.3, 0.4) is 0 Å². The number of rotatable bonds is 7. The highest BCUT2D eigenvalue weighted by atomic mass is 32.1. The molecule has 0 spiro atoms. The molecule has 0 nitrogen and oxygen atoms in total. The Morgan fingerprint density at radius 1 is 1.00 bits per heavy atom. The standard InChI is InChI=1S/C13H26S/c1-10(2)6-7-11(3)12(4)8-9-13(5)14/h10-12,14H,5-9H2,1-4H3. The Balaban J connectivity index is 3.64. The van der Waals surface area contributed by atoms with E-state index in [1.54, 1.807) is 0 Å². The quantitative estimate of drug-likeness (QED) is 0.571. The predicted molar refractivity (Wildman–Crippen MR) is 69.8 cm³/mol. The third-order valence-electron chi connectivity index (χ3n) is 3.06. The molecular formula is C13H26S. The van der Waals surface area contributed by atoms with Crippen LogP contribution >= 0.6 is 12.6 Å². The minimum absolute atomic E-state index is 0.803. The maximum atomic E-state index is 4.23. The van der Waals surface area contributed by atoms with Crippen LogP contribution in [0.1, 0.15) is 53.4 Å². The summed E-state index contributed by atoms with van der Waals surface area (Å²) in [6.45, 7) is 13.1. The summed E-state index contributed by atoms with van der Waals surface area (Å²) in [5.41, 5.74) is 0. The molecule has 0 bridgehead atoms. The highest BCUT2D eigenvalue weighted by Gasteiger charge is 2.12. The lowest BCUT2D eigenvalue weighted by Crippen LogP contribution is -2.09. The van der Waals surface area contributed by atoms with Gasteiger partial charge in [-0.05, 0) is 35.5 Å². The third-order valence-corrected chi connectivity index (χ3v) is 3.28. The summed E-state index contributed by atoms with van der Waals surface area (Å²) < 4.78 is 0. The Hall–Kier alpha value is 0.0900. The second-order valence-electron chi connectivity index (χ2n) is 5.03. The van der Waals surface area contributed by atoms with Crippen molar-refractivity contribution in [3.63, 3.8) is 0 Å². The number of hydrogen-bond donors (Lipinski definition) is 1. The van der Waals surface area contributed by atoms with Crippen molar-refractivity contribution in [2.45, 2.75) is 53.4 Å². The first-order chi connectivity index (χ1) is 6.43. The summed E-state index contributed by atoms with van der Waals surface area (Å²) in [6, 6.07) is 0. The zero-order valence-corrected chi connectivity index (χ0v) is 11.1.